The molecule has 0 aliphatic rings. The minimum Gasteiger partial charge on any atom is -0.492 e. The zero-order chi connectivity index (χ0) is 15.1. The van der Waals surface area contributed by atoms with Crippen LogP contribution in [0, 0.1) is 18.8 Å². The van der Waals surface area contributed by atoms with Gasteiger partial charge < -0.3 is 14.4 Å². The molecule has 0 fully saturated rings. The third-order valence-corrected chi connectivity index (χ3v) is 2.90. The molecule has 108 valence electrons. The Morgan fingerprint density at radius 1 is 1.29 bits per heavy atom. The van der Waals surface area contributed by atoms with Gasteiger partial charge >= 0.3 is 0 Å². The highest BCUT2D eigenvalue weighted by molar-refractivity contribution is 5.39. The Morgan fingerprint density at radius 2 is 2.14 bits per heavy atom. The molecule has 0 atom stereocenters. The second-order valence-corrected chi connectivity index (χ2v) is 4.57. The second-order valence-electron chi connectivity index (χ2n) is 4.57. The van der Waals surface area contributed by atoms with E-state index in [1.165, 1.54) is 0 Å². The number of aliphatic hydroxyl groups excluding tert-OH is 1. The first-order chi connectivity index (χ1) is 10.2. The van der Waals surface area contributed by atoms with Crippen LogP contribution in [0.5, 0.6) is 5.75 Å². The molecule has 1 aromatic heterocycles. The van der Waals surface area contributed by atoms with Crippen molar-refractivity contribution in [2.24, 2.45) is 0 Å². The first-order valence-corrected chi connectivity index (χ1v) is 6.69. The van der Waals surface area contributed by atoms with Gasteiger partial charge in [-0.15, -0.1) is 0 Å². The van der Waals surface area contributed by atoms with Crippen LogP contribution in [0.4, 0.5) is 0 Å². The Kier molecular flexibility index (Phi) is 5.19. The van der Waals surface area contributed by atoms with Crippen molar-refractivity contribution in [2.75, 3.05) is 13.2 Å². The Balaban J connectivity index is 1.95. The molecule has 4 heteroatoms. The molecule has 0 saturated carbocycles. The highest BCUT2D eigenvalue weighted by Gasteiger charge is 1.98. The van der Waals surface area contributed by atoms with Gasteiger partial charge in [0, 0.05) is 17.8 Å². The maximum atomic E-state index is 11.7. The highest BCUT2D eigenvalue weighted by atomic mass is 16.5. The molecule has 0 aliphatic heterocycles. The molecule has 1 N–H and O–H groups in total. The summed E-state index contributed by atoms with van der Waals surface area (Å²) in [7, 11) is 0. The molecule has 0 aliphatic carbocycles. The Hall–Kier alpha value is -2.51. The summed E-state index contributed by atoms with van der Waals surface area (Å²) < 4.78 is 7.24. The lowest BCUT2D eigenvalue weighted by Crippen LogP contribution is -2.21. The van der Waals surface area contributed by atoms with E-state index in [1.54, 1.807) is 22.9 Å². The smallest absolute Gasteiger partial charge is 0.250 e. The maximum Gasteiger partial charge on any atom is 0.250 e. The largest absolute Gasteiger partial charge is 0.492 e. The molecular formula is C17H17NO3. The van der Waals surface area contributed by atoms with E-state index in [0.29, 0.717) is 18.9 Å². The predicted molar refractivity (Wildman–Crippen MR) is 81.3 cm³/mol. The number of hydrogen-bond donors (Lipinski definition) is 1. The summed E-state index contributed by atoms with van der Waals surface area (Å²) in [4.78, 5) is 11.7. The normalized spacial score (nSPS) is 9.81. The number of nitrogens with zero attached hydrogens (tertiary/aromatic N) is 1. The summed E-state index contributed by atoms with van der Waals surface area (Å²) >= 11 is 0. The molecule has 1 aromatic carbocycles. The lowest BCUT2D eigenvalue weighted by Gasteiger charge is -2.08. The number of aliphatic hydroxyl groups is 1. The Bertz CT molecular complexity index is 723. The molecule has 4 nitrogen and oxygen atoms in total. The van der Waals surface area contributed by atoms with Gasteiger partial charge in [0.05, 0.1) is 6.54 Å². The highest BCUT2D eigenvalue weighted by Crippen LogP contribution is 2.12. The molecule has 0 saturated heterocycles. The summed E-state index contributed by atoms with van der Waals surface area (Å²) in [5.41, 5.74) is 1.71. The van der Waals surface area contributed by atoms with E-state index in [2.05, 4.69) is 11.8 Å². The Labute approximate surface area is 123 Å². The third-order valence-electron chi connectivity index (χ3n) is 2.90. The van der Waals surface area contributed by atoms with E-state index in [0.717, 1.165) is 11.1 Å². The van der Waals surface area contributed by atoms with Crippen LogP contribution in [-0.4, -0.2) is 22.9 Å². The van der Waals surface area contributed by atoms with Crippen LogP contribution in [0.1, 0.15) is 11.1 Å². The lowest BCUT2D eigenvalue weighted by atomic mass is 10.2. The van der Waals surface area contributed by atoms with E-state index in [-0.39, 0.29) is 12.2 Å². The van der Waals surface area contributed by atoms with Crippen LogP contribution >= 0.6 is 0 Å². The zero-order valence-electron chi connectivity index (χ0n) is 11.9. The van der Waals surface area contributed by atoms with Crippen molar-refractivity contribution < 1.29 is 9.84 Å². The minimum absolute atomic E-state index is 0.0267. The number of aryl methyl sites for hydroxylation is 1. The van der Waals surface area contributed by atoms with Crippen LogP contribution in [0.25, 0.3) is 0 Å². The molecule has 21 heavy (non-hydrogen) atoms. The fourth-order valence-electron chi connectivity index (χ4n) is 1.86. The Morgan fingerprint density at radius 3 is 2.90 bits per heavy atom. The molecule has 1 heterocycles. The SMILES string of the molecule is Cc1ccn(CCOc2cccc(C#CCO)c2)c(=O)c1. The van der Waals surface area contributed by atoms with Gasteiger partial charge in [-0.3, -0.25) is 4.79 Å². The summed E-state index contributed by atoms with van der Waals surface area (Å²) in [5.74, 6) is 6.11. The molecule has 0 amide bonds. The molecule has 0 spiro atoms. The van der Waals surface area contributed by atoms with E-state index < -0.39 is 0 Å². The molecule has 0 bridgehead atoms. The standard InChI is InChI=1S/C17H17NO3/c1-14-7-8-18(17(20)12-14)9-11-21-16-6-2-4-15(13-16)5-3-10-19/h2,4,6-8,12-13,19H,9-11H2,1H3. The van der Waals surface area contributed by atoms with Gasteiger partial charge in [0.2, 0.25) is 0 Å². The van der Waals surface area contributed by atoms with Gasteiger partial charge in [0.25, 0.3) is 5.56 Å². The van der Waals surface area contributed by atoms with E-state index in [9.17, 15) is 4.79 Å². The van der Waals surface area contributed by atoms with E-state index in [1.807, 2.05) is 31.2 Å². The van der Waals surface area contributed by atoms with Crippen molar-refractivity contribution >= 4 is 0 Å². The van der Waals surface area contributed by atoms with Gasteiger partial charge in [0.15, 0.2) is 0 Å². The fourth-order valence-corrected chi connectivity index (χ4v) is 1.86. The first kappa shape index (κ1) is 14.9. The minimum atomic E-state index is -0.165. The van der Waals surface area contributed by atoms with Gasteiger partial charge in [-0.25, -0.2) is 0 Å². The van der Waals surface area contributed by atoms with Crippen molar-refractivity contribution in [3.8, 4) is 17.6 Å². The van der Waals surface area contributed by atoms with Gasteiger partial charge in [-0.2, -0.15) is 0 Å². The second kappa shape index (κ2) is 7.32. The van der Waals surface area contributed by atoms with Gasteiger partial charge in [0.1, 0.15) is 19.0 Å². The molecule has 2 rings (SSSR count). The summed E-state index contributed by atoms with van der Waals surface area (Å²) in [6, 6.07) is 10.8. The number of pyridine rings is 1. The van der Waals surface area contributed by atoms with Crippen molar-refractivity contribution in [3.63, 3.8) is 0 Å². The van der Waals surface area contributed by atoms with Crippen LogP contribution in [0.2, 0.25) is 0 Å². The van der Waals surface area contributed by atoms with E-state index in [4.69, 9.17) is 9.84 Å². The molecule has 0 unspecified atom stereocenters. The van der Waals surface area contributed by atoms with Crippen LogP contribution in [0.15, 0.2) is 47.4 Å². The number of hydrogen-bond acceptors (Lipinski definition) is 3. The van der Waals surface area contributed by atoms with Crippen molar-refractivity contribution in [2.45, 2.75) is 13.5 Å². The van der Waals surface area contributed by atoms with Crippen molar-refractivity contribution in [1.82, 2.24) is 4.57 Å². The number of rotatable bonds is 4. The number of ether oxygens (including phenoxy) is 1. The number of benzene rings is 1. The monoisotopic (exact) mass is 283 g/mol. The van der Waals surface area contributed by atoms with Crippen LogP contribution in [-0.2, 0) is 6.54 Å². The quantitative estimate of drug-likeness (QED) is 0.867. The summed E-state index contributed by atoms with van der Waals surface area (Å²) in [6.07, 6.45) is 1.77. The third kappa shape index (κ3) is 4.51. The first-order valence-electron chi connectivity index (χ1n) is 6.69. The van der Waals surface area contributed by atoms with Crippen LogP contribution < -0.4 is 10.3 Å². The average molecular weight is 283 g/mol. The fraction of sp³-hybridized carbons (Fsp3) is 0.235. The average Bonchev–Trinajstić information content (AvgIpc) is 2.48. The topological polar surface area (TPSA) is 51.5 Å². The zero-order valence-corrected chi connectivity index (χ0v) is 11.9. The van der Waals surface area contributed by atoms with Gasteiger partial charge in [-0.1, -0.05) is 17.9 Å². The van der Waals surface area contributed by atoms with Crippen LogP contribution in [0.3, 0.4) is 0 Å². The van der Waals surface area contributed by atoms with Crippen molar-refractivity contribution in [1.29, 1.82) is 0 Å². The number of aromatic nitrogens is 1. The predicted octanol–water partition coefficient (Wildman–Crippen LogP) is 1.58. The summed E-state index contributed by atoms with van der Waals surface area (Å²) in [5, 5.41) is 8.67. The maximum absolute atomic E-state index is 11.7. The van der Waals surface area contributed by atoms with E-state index >= 15 is 0 Å². The molecule has 0 radical (unpaired) electrons. The van der Waals surface area contributed by atoms with Crippen molar-refractivity contribution in [3.05, 3.63) is 64.1 Å². The van der Waals surface area contributed by atoms with Gasteiger partial charge in [-0.05, 0) is 36.8 Å². The molecular weight excluding hydrogens is 266 g/mol. The molecule has 2 aromatic rings. The summed E-state index contributed by atoms with van der Waals surface area (Å²) in [6.45, 7) is 2.62. The lowest BCUT2D eigenvalue weighted by molar-refractivity contribution is 0.296.